The summed E-state index contributed by atoms with van der Waals surface area (Å²) in [5.41, 5.74) is 1.05. The standard InChI is InChI=1S/C17H32N2/c1-16(2)15(17(16,3)4)11-19-14-8-5-7-12(14)13-9-6-10-18-13/h12-15,18-19H,5-11H2,1-4H3. The Labute approximate surface area is 119 Å². The van der Waals surface area contributed by atoms with Gasteiger partial charge in [-0.3, -0.25) is 0 Å². The van der Waals surface area contributed by atoms with E-state index in [4.69, 9.17) is 0 Å². The molecule has 0 radical (unpaired) electrons. The predicted octanol–water partition coefficient (Wildman–Crippen LogP) is 3.18. The Morgan fingerprint density at radius 2 is 1.74 bits per heavy atom. The van der Waals surface area contributed by atoms with Gasteiger partial charge in [0, 0.05) is 12.1 Å². The van der Waals surface area contributed by atoms with Crippen LogP contribution in [0.3, 0.4) is 0 Å². The van der Waals surface area contributed by atoms with Gasteiger partial charge in [0.1, 0.15) is 0 Å². The van der Waals surface area contributed by atoms with Crippen LogP contribution in [0.5, 0.6) is 0 Å². The molecule has 3 rings (SSSR count). The molecule has 3 unspecified atom stereocenters. The first-order chi connectivity index (χ1) is 8.94. The zero-order valence-electron chi connectivity index (χ0n) is 13.3. The molecule has 0 spiro atoms. The van der Waals surface area contributed by atoms with E-state index in [-0.39, 0.29) is 0 Å². The van der Waals surface area contributed by atoms with Crippen LogP contribution >= 0.6 is 0 Å². The summed E-state index contributed by atoms with van der Waals surface area (Å²) >= 11 is 0. The highest BCUT2D eigenvalue weighted by molar-refractivity contribution is 5.13. The topological polar surface area (TPSA) is 24.1 Å². The van der Waals surface area contributed by atoms with Gasteiger partial charge in [-0.25, -0.2) is 0 Å². The fourth-order valence-corrected chi connectivity index (χ4v) is 4.91. The normalized spacial score (nSPS) is 40.7. The van der Waals surface area contributed by atoms with Gasteiger partial charge in [-0.1, -0.05) is 34.1 Å². The van der Waals surface area contributed by atoms with Gasteiger partial charge in [0.15, 0.2) is 0 Å². The van der Waals surface area contributed by atoms with Gasteiger partial charge < -0.3 is 10.6 Å². The minimum Gasteiger partial charge on any atom is -0.314 e. The molecule has 0 aromatic rings. The molecule has 3 aliphatic rings. The summed E-state index contributed by atoms with van der Waals surface area (Å²) in [7, 11) is 0. The van der Waals surface area contributed by atoms with E-state index in [1.54, 1.807) is 0 Å². The van der Waals surface area contributed by atoms with Crippen molar-refractivity contribution in [1.82, 2.24) is 10.6 Å². The Hall–Kier alpha value is -0.0800. The van der Waals surface area contributed by atoms with Crippen LogP contribution in [-0.2, 0) is 0 Å². The summed E-state index contributed by atoms with van der Waals surface area (Å²) in [6, 6.07) is 1.59. The lowest BCUT2D eigenvalue weighted by Crippen LogP contribution is -2.43. The molecule has 2 N–H and O–H groups in total. The van der Waals surface area contributed by atoms with E-state index in [9.17, 15) is 0 Å². The Morgan fingerprint density at radius 1 is 1.00 bits per heavy atom. The largest absolute Gasteiger partial charge is 0.314 e. The van der Waals surface area contributed by atoms with E-state index in [1.165, 1.54) is 45.2 Å². The summed E-state index contributed by atoms with van der Waals surface area (Å²) in [4.78, 5) is 0. The molecule has 1 saturated heterocycles. The lowest BCUT2D eigenvalue weighted by molar-refractivity contribution is 0.312. The first kappa shape index (κ1) is 13.9. The van der Waals surface area contributed by atoms with E-state index < -0.39 is 0 Å². The molecule has 0 aromatic heterocycles. The average Bonchev–Trinajstić information content (AvgIpc) is 2.86. The van der Waals surface area contributed by atoms with Crippen molar-refractivity contribution in [2.75, 3.05) is 13.1 Å². The van der Waals surface area contributed by atoms with E-state index in [2.05, 4.69) is 38.3 Å². The van der Waals surface area contributed by atoms with Crippen LogP contribution < -0.4 is 10.6 Å². The zero-order chi connectivity index (χ0) is 13.7. The van der Waals surface area contributed by atoms with E-state index in [1.807, 2.05) is 0 Å². The van der Waals surface area contributed by atoms with Crippen molar-refractivity contribution in [3.8, 4) is 0 Å². The third-order valence-corrected chi connectivity index (χ3v) is 7.09. The number of rotatable bonds is 4. The molecule has 2 aliphatic carbocycles. The average molecular weight is 264 g/mol. The van der Waals surface area contributed by atoms with Crippen LogP contribution in [0.4, 0.5) is 0 Å². The van der Waals surface area contributed by atoms with Crippen LogP contribution in [0, 0.1) is 22.7 Å². The highest BCUT2D eigenvalue weighted by atomic mass is 15.0. The Kier molecular flexibility index (Phi) is 3.46. The van der Waals surface area contributed by atoms with Crippen molar-refractivity contribution in [3.63, 3.8) is 0 Å². The van der Waals surface area contributed by atoms with Crippen molar-refractivity contribution in [1.29, 1.82) is 0 Å². The minimum absolute atomic E-state index is 0.527. The summed E-state index contributed by atoms with van der Waals surface area (Å²) in [6.45, 7) is 12.2. The summed E-state index contributed by atoms with van der Waals surface area (Å²) < 4.78 is 0. The fourth-order valence-electron chi connectivity index (χ4n) is 4.91. The number of hydrogen-bond acceptors (Lipinski definition) is 2. The molecule has 1 heterocycles. The molecule has 2 saturated carbocycles. The second-order valence-electron chi connectivity index (χ2n) is 8.31. The third-order valence-electron chi connectivity index (χ3n) is 7.09. The van der Waals surface area contributed by atoms with Crippen molar-refractivity contribution >= 4 is 0 Å². The third kappa shape index (κ3) is 2.25. The van der Waals surface area contributed by atoms with Gasteiger partial charge in [-0.2, -0.15) is 0 Å². The molecular weight excluding hydrogens is 232 g/mol. The highest BCUT2D eigenvalue weighted by Crippen LogP contribution is 2.68. The van der Waals surface area contributed by atoms with Crippen LogP contribution in [0.25, 0.3) is 0 Å². The molecule has 3 fully saturated rings. The number of hydrogen-bond donors (Lipinski definition) is 2. The van der Waals surface area contributed by atoms with Crippen LogP contribution in [0.15, 0.2) is 0 Å². The second-order valence-corrected chi connectivity index (χ2v) is 8.31. The van der Waals surface area contributed by atoms with Gasteiger partial charge in [0.05, 0.1) is 0 Å². The maximum Gasteiger partial charge on any atom is 0.0111 e. The monoisotopic (exact) mass is 264 g/mol. The maximum atomic E-state index is 3.94. The number of nitrogens with one attached hydrogen (secondary N) is 2. The fraction of sp³-hybridized carbons (Fsp3) is 1.00. The molecule has 1 aliphatic heterocycles. The SMILES string of the molecule is CC1(C)C(CNC2CCCC2C2CCCN2)C1(C)C. The first-order valence-electron chi connectivity index (χ1n) is 8.41. The van der Waals surface area contributed by atoms with Crippen molar-refractivity contribution in [2.24, 2.45) is 22.7 Å². The van der Waals surface area contributed by atoms with Crippen molar-refractivity contribution in [3.05, 3.63) is 0 Å². The Morgan fingerprint density at radius 3 is 2.32 bits per heavy atom. The molecule has 2 heteroatoms. The molecule has 2 nitrogen and oxygen atoms in total. The van der Waals surface area contributed by atoms with E-state index in [0.717, 1.165) is 23.9 Å². The van der Waals surface area contributed by atoms with Gasteiger partial charge in [0.2, 0.25) is 0 Å². The lowest BCUT2D eigenvalue weighted by atomic mass is 9.93. The smallest absolute Gasteiger partial charge is 0.0111 e. The van der Waals surface area contributed by atoms with Crippen LogP contribution in [0.2, 0.25) is 0 Å². The van der Waals surface area contributed by atoms with Crippen molar-refractivity contribution < 1.29 is 0 Å². The van der Waals surface area contributed by atoms with Gasteiger partial charge in [0.25, 0.3) is 0 Å². The Bertz CT molecular complexity index is 314. The summed E-state index contributed by atoms with van der Waals surface area (Å²) in [6.07, 6.45) is 7.06. The van der Waals surface area contributed by atoms with E-state index in [0.29, 0.717) is 10.8 Å². The van der Waals surface area contributed by atoms with Gasteiger partial charge in [-0.15, -0.1) is 0 Å². The molecule has 0 aromatic carbocycles. The first-order valence-corrected chi connectivity index (χ1v) is 8.41. The second kappa shape index (κ2) is 4.73. The molecule has 19 heavy (non-hydrogen) atoms. The quantitative estimate of drug-likeness (QED) is 0.815. The summed E-state index contributed by atoms with van der Waals surface area (Å²) in [5.74, 6) is 1.75. The molecule has 0 bridgehead atoms. The molecule has 110 valence electrons. The molecule has 0 amide bonds. The van der Waals surface area contributed by atoms with E-state index >= 15 is 0 Å². The zero-order valence-corrected chi connectivity index (χ0v) is 13.3. The van der Waals surface area contributed by atoms with Gasteiger partial charge >= 0.3 is 0 Å². The van der Waals surface area contributed by atoms with Crippen LogP contribution in [0.1, 0.15) is 59.8 Å². The van der Waals surface area contributed by atoms with Crippen molar-refractivity contribution in [2.45, 2.75) is 71.9 Å². The molecule has 3 atom stereocenters. The Balaban J connectivity index is 1.52. The summed E-state index contributed by atoms with van der Waals surface area (Å²) in [5, 5.41) is 7.67. The molecular formula is C17H32N2. The maximum absolute atomic E-state index is 3.94. The minimum atomic E-state index is 0.527. The van der Waals surface area contributed by atoms with Gasteiger partial charge in [-0.05, 0) is 61.4 Å². The predicted molar refractivity (Wildman–Crippen MR) is 81.2 cm³/mol. The van der Waals surface area contributed by atoms with Crippen LogP contribution in [-0.4, -0.2) is 25.2 Å². The lowest BCUT2D eigenvalue weighted by Gasteiger charge is -2.27. The highest BCUT2D eigenvalue weighted by Gasteiger charge is 2.64.